The first-order chi connectivity index (χ1) is 7.86. The predicted molar refractivity (Wildman–Crippen MR) is 64.6 cm³/mol. The normalized spacial score (nSPS) is 22.1. The largest absolute Gasteiger partial charge is 0.394 e. The predicted octanol–water partition coefficient (Wildman–Crippen LogP) is 1.64. The van der Waals surface area contributed by atoms with Crippen molar-refractivity contribution in [3.05, 3.63) is 12.4 Å². The Morgan fingerprint density at radius 2 is 2.31 bits per heavy atom. The highest BCUT2D eigenvalue weighted by atomic mass is 16.3. The molecule has 1 aliphatic rings. The standard InChI is InChI=1S/C12H21N3O/c1-2-14-9-7-13-12(14)15-8-5-3-4-6-11(15)10-16/h7,9,11,16H,2-6,8,10H2,1H3. The number of anilines is 1. The Labute approximate surface area is 96.9 Å². The molecule has 0 amide bonds. The van der Waals surface area contributed by atoms with Crippen LogP contribution in [0.5, 0.6) is 0 Å². The lowest BCUT2D eigenvalue weighted by Gasteiger charge is -2.29. The molecular weight excluding hydrogens is 202 g/mol. The summed E-state index contributed by atoms with van der Waals surface area (Å²) >= 11 is 0. The molecule has 0 radical (unpaired) electrons. The fourth-order valence-electron chi connectivity index (χ4n) is 2.44. The third-order valence-corrected chi connectivity index (χ3v) is 3.38. The van der Waals surface area contributed by atoms with Gasteiger partial charge in [0, 0.05) is 25.5 Å². The molecule has 0 bridgehead atoms. The average molecular weight is 223 g/mol. The summed E-state index contributed by atoms with van der Waals surface area (Å²) in [4.78, 5) is 6.70. The number of aryl methyl sites for hydroxylation is 1. The van der Waals surface area contributed by atoms with Crippen LogP contribution in [0.25, 0.3) is 0 Å². The van der Waals surface area contributed by atoms with Crippen LogP contribution in [0.3, 0.4) is 0 Å². The van der Waals surface area contributed by atoms with Gasteiger partial charge in [0.1, 0.15) is 0 Å². The van der Waals surface area contributed by atoms with Crippen LogP contribution in [0.2, 0.25) is 0 Å². The van der Waals surface area contributed by atoms with E-state index in [2.05, 4.69) is 21.4 Å². The third kappa shape index (κ3) is 2.21. The van der Waals surface area contributed by atoms with Gasteiger partial charge in [0.25, 0.3) is 0 Å². The SMILES string of the molecule is CCn1ccnc1N1CCCCCC1CO. The summed E-state index contributed by atoms with van der Waals surface area (Å²) in [5.74, 6) is 1.02. The highest BCUT2D eigenvalue weighted by Gasteiger charge is 2.23. The molecule has 1 atom stereocenters. The van der Waals surface area contributed by atoms with Crippen molar-refractivity contribution in [2.45, 2.75) is 45.2 Å². The Hall–Kier alpha value is -1.03. The highest BCUT2D eigenvalue weighted by molar-refractivity contribution is 5.33. The summed E-state index contributed by atoms with van der Waals surface area (Å²) < 4.78 is 2.15. The maximum atomic E-state index is 9.47. The van der Waals surface area contributed by atoms with Gasteiger partial charge in [0.15, 0.2) is 0 Å². The van der Waals surface area contributed by atoms with E-state index in [1.807, 2.05) is 12.4 Å². The van der Waals surface area contributed by atoms with Gasteiger partial charge in [0.2, 0.25) is 5.95 Å². The second kappa shape index (κ2) is 5.34. The van der Waals surface area contributed by atoms with Crippen molar-refractivity contribution < 1.29 is 5.11 Å². The maximum Gasteiger partial charge on any atom is 0.205 e. The van der Waals surface area contributed by atoms with Gasteiger partial charge >= 0.3 is 0 Å². The first-order valence-corrected chi connectivity index (χ1v) is 6.25. The topological polar surface area (TPSA) is 41.3 Å². The van der Waals surface area contributed by atoms with E-state index in [0.29, 0.717) is 0 Å². The molecule has 4 nitrogen and oxygen atoms in total. The van der Waals surface area contributed by atoms with Gasteiger partial charge in [-0.25, -0.2) is 4.98 Å². The van der Waals surface area contributed by atoms with Crippen LogP contribution in [-0.4, -0.2) is 33.9 Å². The molecule has 0 aliphatic carbocycles. The van der Waals surface area contributed by atoms with E-state index in [1.165, 1.54) is 19.3 Å². The lowest BCUT2D eigenvalue weighted by atomic mass is 10.1. The Bertz CT molecular complexity index is 324. The lowest BCUT2D eigenvalue weighted by molar-refractivity contribution is 0.253. The van der Waals surface area contributed by atoms with E-state index >= 15 is 0 Å². The molecule has 1 aliphatic heterocycles. The van der Waals surface area contributed by atoms with E-state index in [0.717, 1.165) is 25.5 Å². The minimum atomic E-state index is 0.233. The molecule has 1 N–H and O–H groups in total. The van der Waals surface area contributed by atoms with Crippen molar-refractivity contribution >= 4 is 5.95 Å². The Balaban J connectivity index is 2.21. The molecule has 0 saturated carbocycles. The molecule has 2 rings (SSSR count). The number of aromatic nitrogens is 2. The third-order valence-electron chi connectivity index (χ3n) is 3.38. The van der Waals surface area contributed by atoms with Crippen molar-refractivity contribution in [3.8, 4) is 0 Å². The molecule has 0 aromatic carbocycles. The first-order valence-electron chi connectivity index (χ1n) is 6.25. The molecule has 2 heterocycles. The van der Waals surface area contributed by atoms with Crippen LogP contribution in [0.15, 0.2) is 12.4 Å². The van der Waals surface area contributed by atoms with Crippen LogP contribution in [0.1, 0.15) is 32.6 Å². The minimum Gasteiger partial charge on any atom is -0.394 e. The fourth-order valence-corrected chi connectivity index (χ4v) is 2.44. The molecular formula is C12H21N3O. The van der Waals surface area contributed by atoms with Crippen LogP contribution in [-0.2, 0) is 6.54 Å². The van der Waals surface area contributed by atoms with Crippen LogP contribution in [0.4, 0.5) is 5.95 Å². The minimum absolute atomic E-state index is 0.233. The number of nitrogens with zero attached hydrogens (tertiary/aromatic N) is 3. The molecule has 16 heavy (non-hydrogen) atoms. The van der Waals surface area contributed by atoms with Crippen molar-refractivity contribution in [2.75, 3.05) is 18.1 Å². The zero-order valence-electron chi connectivity index (χ0n) is 9.97. The molecule has 90 valence electrons. The fraction of sp³-hybridized carbons (Fsp3) is 0.750. The van der Waals surface area contributed by atoms with Crippen molar-refractivity contribution in [1.29, 1.82) is 0 Å². The Morgan fingerprint density at radius 3 is 3.06 bits per heavy atom. The van der Waals surface area contributed by atoms with E-state index in [4.69, 9.17) is 0 Å². The first kappa shape index (κ1) is 11.5. The second-order valence-corrected chi connectivity index (χ2v) is 4.39. The van der Waals surface area contributed by atoms with Crippen LogP contribution in [0, 0.1) is 0 Å². The van der Waals surface area contributed by atoms with E-state index in [-0.39, 0.29) is 12.6 Å². The van der Waals surface area contributed by atoms with Crippen molar-refractivity contribution in [1.82, 2.24) is 9.55 Å². The van der Waals surface area contributed by atoms with Gasteiger partial charge in [0.05, 0.1) is 12.6 Å². The zero-order valence-corrected chi connectivity index (χ0v) is 9.97. The van der Waals surface area contributed by atoms with E-state index < -0.39 is 0 Å². The summed E-state index contributed by atoms with van der Waals surface area (Å²) in [6.07, 6.45) is 8.61. The summed E-state index contributed by atoms with van der Waals surface area (Å²) in [6.45, 7) is 4.31. The Morgan fingerprint density at radius 1 is 1.44 bits per heavy atom. The molecule has 1 saturated heterocycles. The molecule has 4 heteroatoms. The molecule has 1 aromatic heterocycles. The molecule has 1 fully saturated rings. The van der Waals surface area contributed by atoms with Gasteiger partial charge in [-0.3, -0.25) is 0 Å². The lowest BCUT2D eigenvalue weighted by Crippen LogP contribution is -2.39. The Kier molecular flexibility index (Phi) is 3.83. The maximum absolute atomic E-state index is 9.47. The summed E-state index contributed by atoms with van der Waals surface area (Å²) in [5, 5.41) is 9.47. The van der Waals surface area contributed by atoms with E-state index in [1.54, 1.807) is 0 Å². The zero-order chi connectivity index (χ0) is 11.4. The average Bonchev–Trinajstić information content (AvgIpc) is 2.66. The number of aliphatic hydroxyl groups is 1. The summed E-state index contributed by atoms with van der Waals surface area (Å²) in [5.41, 5.74) is 0. The molecule has 1 unspecified atom stereocenters. The summed E-state index contributed by atoms with van der Waals surface area (Å²) in [6, 6.07) is 0.246. The van der Waals surface area contributed by atoms with Crippen molar-refractivity contribution in [3.63, 3.8) is 0 Å². The number of hydrogen-bond acceptors (Lipinski definition) is 3. The molecule has 1 aromatic rings. The van der Waals surface area contributed by atoms with Crippen molar-refractivity contribution in [2.24, 2.45) is 0 Å². The molecule has 0 spiro atoms. The second-order valence-electron chi connectivity index (χ2n) is 4.39. The summed E-state index contributed by atoms with van der Waals surface area (Å²) in [7, 11) is 0. The van der Waals surface area contributed by atoms with Gasteiger partial charge in [-0.05, 0) is 19.8 Å². The van der Waals surface area contributed by atoms with E-state index in [9.17, 15) is 5.11 Å². The number of imidazole rings is 1. The monoisotopic (exact) mass is 223 g/mol. The number of hydrogen-bond donors (Lipinski definition) is 1. The van der Waals surface area contributed by atoms with Gasteiger partial charge in [-0.15, -0.1) is 0 Å². The van der Waals surface area contributed by atoms with Crippen LogP contribution >= 0.6 is 0 Å². The van der Waals surface area contributed by atoms with Crippen LogP contribution < -0.4 is 4.90 Å². The number of rotatable bonds is 3. The number of aliphatic hydroxyl groups excluding tert-OH is 1. The van der Waals surface area contributed by atoms with Gasteiger partial charge in [-0.2, -0.15) is 0 Å². The highest BCUT2D eigenvalue weighted by Crippen LogP contribution is 2.22. The smallest absolute Gasteiger partial charge is 0.205 e. The van der Waals surface area contributed by atoms with Gasteiger partial charge in [-0.1, -0.05) is 12.8 Å². The van der Waals surface area contributed by atoms with Gasteiger partial charge < -0.3 is 14.6 Å². The quantitative estimate of drug-likeness (QED) is 0.847.